The average Bonchev–Trinajstić information content (AvgIpc) is 2.49. The van der Waals surface area contributed by atoms with Gasteiger partial charge in [0.1, 0.15) is 5.82 Å². The molecule has 1 aromatic carbocycles. The minimum Gasteiger partial charge on any atom is -0.205 e. The number of hydrogen-bond acceptors (Lipinski definition) is 1. The van der Waals surface area contributed by atoms with Crippen LogP contribution < -0.4 is 0 Å². The Labute approximate surface area is 74.6 Å². The van der Waals surface area contributed by atoms with Gasteiger partial charge in [0.15, 0.2) is 0 Å². The van der Waals surface area contributed by atoms with E-state index in [2.05, 4.69) is 6.92 Å². The van der Waals surface area contributed by atoms with E-state index in [9.17, 15) is 4.39 Å². The molecule has 0 bridgehead atoms. The molecule has 0 saturated heterocycles. The minimum atomic E-state index is -0.0998. The van der Waals surface area contributed by atoms with E-state index in [4.69, 9.17) is 0 Å². The molecule has 0 aliphatic rings. The Hall–Kier alpha value is -0.890. The molecule has 0 nitrogen and oxygen atoms in total. The van der Waals surface area contributed by atoms with E-state index in [1.807, 2.05) is 11.4 Å². The third-order valence-corrected chi connectivity index (χ3v) is 3.07. The summed E-state index contributed by atoms with van der Waals surface area (Å²) in [6.07, 6.45) is 0.976. The lowest BCUT2D eigenvalue weighted by atomic mass is 10.1. The van der Waals surface area contributed by atoms with Gasteiger partial charge in [-0.15, -0.1) is 11.3 Å². The molecular formula is C10H9FS. The predicted octanol–water partition coefficient (Wildman–Crippen LogP) is 3.60. The number of aryl methyl sites for hydroxylation is 1. The smallest absolute Gasteiger partial charge is 0.140 e. The fraction of sp³-hybridized carbons (Fsp3) is 0.200. The lowest BCUT2D eigenvalue weighted by molar-refractivity contribution is 0.641. The lowest BCUT2D eigenvalue weighted by Gasteiger charge is -1.93. The molecule has 2 rings (SSSR count). The molecule has 1 heterocycles. The SMILES string of the molecule is CCc1csc2c(F)cccc12. The van der Waals surface area contributed by atoms with Crippen LogP contribution >= 0.6 is 11.3 Å². The van der Waals surface area contributed by atoms with Crippen LogP contribution in [0.15, 0.2) is 23.6 Å². The summed E-state index contributed by atoms with van der Waals surface area (Å²) in [5, 5.41) is 3.11. The maximum atomic E-state index is 13.1. The standard InChI is InChI=1S/C10H9FS/c1-2-7-6-12-10-8(7)4-3-5-9(10)11/h3-6H,2H2,1H3. The number of fused-ring (bicyclic) bond motifs is 1. The van der Waals surface area contributed by atoms with Gasteiger partial charge in [-0.2, -0.15) is 0 Å². The summed E-state index contributed by atoms with van der Waals surface area (Å²) < 4.78 is 13.9. The number of halogens is 1. The Morgan fingerprint density at radius 2 is 2.25 bits per heavy atom. The van der Waals surface area contributed by atoms with E-state index < -0.39 is 0 Å². The van der Waals surface area contributed by atoms with Crippen LogP contribution in [-0.2, 0) is 6.42 Å². The lowest BCUT2D eigenvalue weighted by Crippen LogP contribution is -1.76. The van der Waals surface area contributed by atoms with E-state index >= 15 is 0 Å². The van der Waals surface area contributed by atoms with Crippen molar-refractivity contribution in [1.82, 2.24) is 0 Å². The molecule has 0 aliphatic carbocycles. The average molecular weight is 180 g/mol. The van der Waals surface area contributed by atoms with Crippen molar-refractivity contribution in [3.63, 3.8) is 0 Å². The summed E-state index contributed by atoms with van der Waals surface area (Å²) in [7, 11) is 0. The van der Waals surface area contributed by atoms with Crippen LogP contribution in [0.3, 0.4) is 0 Å². The predicted molar refractivity (Wildman–Crippen MR) is 51.2 cm³/mol. The van der Waals surface area contributed by atoms with E-state index in [0.717, 1.165) is 16.5 Å². The summed E-state index contributed by atoms with van der Waals surface area (Å²) in [4.78, 5) is 0. The van der Waals surface area contributed by atoms with Gasteiger partial charge in [0, 0.05) is 0 Å². The zero-order chi connectivity index (χ0) is 8.55. The summed E-state index contributed by atoms with van der Waals surface area (Å²) in [5.41, 5.74) is 1.24. The van der Waals surface area contributed by atoms with Crippen LogP contribution in [0.4, 0.5) is 4.39 Å². The highest BCUT2D eigenvalue weighted by Crippen LogP contribution is 2.28. The van der Waals surface area contributed by atoms with Crippen LogP contribution in [-0.4, -0.2) is 0 Å². The monoisotopic (exact) mass is 180 g/mol. The normalized spacial score (nSPS) is 10.8. The summed E-state index contributed by atoms with van der Waals surface area (Å²) in [6.45, 7) is 2.09. The van der Waals surface area contributed by atoms with Crippen molar-refractivity contribution in [2.75, 3.05) is 0 Å². The van der Waals surface area contributed by atoms with Gasteiger partial charge in [-0.25, -0.2) is 4.39 Å². The zero-order valence-electron chi connectivity index (χ0n) is 6.80. The Kier molecular flexibility index (Phi) is 1.85. The zero-order valence-corrected chi connectivity index (χ0v) is 7.62. The molecule has 0 saturated carbocycles. The number of thiophene rings is 1. The first-order chi connectivity index (χ1) is 5.83. The van der Waals surface area contributed by atoms with E-state index in [0.29, 0.717) is 0 Å². The van der Waals surface area contributed by atoms with Crippen LogP contribution in [0.1, 0.15) is 12.5 Å². The quantitative estimate of drug-likeness (QED) is 0.629. The molecule has 62 valence electrons. The van der Waals surface area contributed by atoms with Crippen LogP contribution in [0.2, 0.25) is 0 Å². The molecule has 0 fully saturated rings. The molecule has 0 spiro atoms. The topological polar surface area (TPSA) is 0 Å². The van der Waals surface area contributed by atoms with Crippen LogP contribution in [0.5, 0.6) is 0 Å². The van der Waals surface area contributed by atoms with Crippen molar-refractivity contribution < 1.29 is 4.39 Å². The van der Waals surface area contributed by atoms with Crippen molar-refractivity contribution >= 4 is 21.4 Å². The van der Waals surface area contributed by atoms with Gasteiger partial charge >= 0.3 is 0 Å². The first-order valence-electron chi connectivity index (χ1n) is 3.97. The highest BCUT2D eigenvalue weighted by Gasteiger charge is 2.04. The Morgan fingerprint density at radius 1 is 1.42 bits per heavy atom. The first-order valence-corrected chi connectivity index (χ1v) is 4.85. The van der Waals surface area contributed by atoms with Crippen molar-refractivity contribution in [1.29, 1.82) is 0 Å². The van der Waals surface area contributed by atoms with Crippen molar-refractivity contribution in [2.24, 2.45) is 0 Å². The molecule has 2 heteroatoms. The second kappa shape index (κ2) is 2.87. The molecule has 1 aromatic heterocycles. The third-order valence-electron chi connectivity index (χ3n) is 2.01. The molecule has 0 unspecified atom stereocenters. The van der Waals surface area contributed by atoms with Crippen LogP contribution in [0, 0.1) is 5.82 Å². The largest absolute Gasteiger partial charge is 0.205 e. The van der Waals surface area contributed by atoms with E-state index in [1.165, 1.54) is 23.0 Å². The first kappa shape index (κ1) is 7.74. The Balaban J connectivity index is 2.80. The van der Waals surface area contributed by atoms with Crippen molar-refractivity contribution in [3.8, 4) is 0 Å². The highest BCUT2D eigenvalue weighted by atomic mass is 32.1. The molecule has 0 radical (unpaired) electrons. The second-order valence-corrected chi connectivity index (χ2v) is 3.61. The third kappa shape index (κ3) is 1.03. The van der Waals surface area contributed by atoms with Gasteiger partial charge in [0.25, 0.3) is 0 Å². The Morgan fingerprint density at radius 3 is 3.00 bits per heavy atom. The molecule has 0 N–H and O–H groups in total. The maximum Gasteiger partial charge on any atom is 0.140 e. The number of benzene rings is 1. The van der Waals surface area contributed by atoms with Gasteiger partial charge in [-0.05, 0) is 28.8 Å². The number of rotatable bonds is 1. The summed E-state index contributed by atoms with van der Waals surface area (Å²) in [6, 6.07) is 5.26. The van der Waals surface area contributed by atoms with E-state index in [-0.39, 0.29) is 5.82 Å². The van der Waals surface area contributed by atoms with E-state index in [1.54, 1.807) is 6.07 Å². The fourth-order valence-electron chi connectivity index (χ4n) is 1.35. The summed E-state index contributed by atoms with van der Waals surface area (Å²) in [5.74, 6) is -0.0998. The van der Waals surface area contributed by atoms with Gasteiger partial charge < -0.3 is 0 Å². The molecule has 0 atom stereocenters. The molecule has 2 aromatic rings. The highest BCUT2D eigenvalue weighted by molar-refractivity contribution is 7.17. The number of hydrogen-bond donors (Lipinski definition) is 0. The maximum absolute atomic E-state index is 13.1. The molecule has 0 amide bonds. The Bertz CT molecular complexity index is 403. The minimum absolute atomic E-state index is 0.0998. The van der Waals surface area contributed by atoms with Gasteiger partial charge in [-0.1, -0.05) is 19.1 Å². The fourth-order valence-corrected chi connectivity index (χ4v) is 2.41. The van der Waals surface area contributed by atoms with Crippen molar-refractivity contribution in [3.05, 3.63) is 35.0 Å². The summed E-state index contributed by atoms with van der Waals surface area (Å²) >= 11 is 1.49. The van der Waals surface area contributed by atoms with Gasteiger partial charge in [0.2, 0.25) is 0 Å². The molecular weight excluding hydrogens is 171 g/mol. The van der Waals surface area contributed by atoms with Crippen molar-refractivity contribution in [2.45, 2.75) is 13.3 Å². The molecule has 12 heavy (non-hydrogen) atoms. The van der Waals surface area contributed by atoms with Gasteiger partial charge in [0.05, 0.1) is 4.70 Å². The van der Waals surface area contributed by atoms with Gasteiger partial charge in [-0.3, -0.25) is 0 Å². The molecule has 0 aliphatic heterocycles. The van der Waals surface area contributed by atoms with Crippen LogP contribution in [0.25, 0.3) is 10.1 Å². The second-order valence-electron chi connectivity index (χ2n) is 2.73.